The summed E-state index contributed by atoms with van der Waals surface area (Å²) >= 11 is 8.21. The number of hydrogen-bond donors (Lipinski definition) is 1. The lowest BCUT2D eigenvalue weighted by molar-refractivity contribution is 0.103. The van der Waals surface area contributed by atoms with Crippen molar-refractivity contribution < 1.29 is 4.79 Å². The number of thiophene rings is 1. The zero-order valence-electron chi connectivity index (χ0n) is 8.04. The second-order valence-corrected chi connectivity index (χ2v) is 6.94. The van der Waals surface area contributed by atoms with Crippen LogP contribution in [0.25, 0.3) is 0 Å². The molecule has 1 aromatic heterocycles. The molecule has 1 aromatic carbocycles. The van der Waals surface area contributed by atoms with Crippen molar-refractivity contribution in [1.82, 2.24) is 0 Å². The van der Waals surface area contributed by atoms with Crippen LogP contribution in [0.3, 0.4) is 0 Å². The lowest BCUT2D eigenvalue weighted by atomic mass is 10.1. The second-order valence-electron chi connectivity index (χ2n) is 3.19. The van der Waals surface area contributed by atoms with Crippen LogP contribution in [0, 0.1) is 0 Å². The van der Waals surface area contributed by atoms with E-state index in [-0.39, 0.29) is 5.78 Å². The third-order valence-corrected chi connectivity index (χ3v) is 4.41. The van der Waals surface area contributed by atoms with Crippen molar-refractivity contribution in [1.29, 1.82) is 0 Å². The third kappa shape index (κ3) is 2.36. The highest BCUT2D eigenvalue weighted by atomic mass is 79.9. The largest absolute Gasteiger partial charge is 0.399 e. The Morgan fingerprint density at radius 1 is 1.19 bits per heavy atom. The van der Waals surface area contributed by atoms with E-state index in [0.29, 0.717) is 16.8 Å². The zero-order chi connectivity index (χ0) is 11.7. The Labute approximate surface area is 114 Å². The van der Waals surface area contributed by atoms with E-state index < -0.39 is 0 Å². The van der Waals surface area contributed by atoms with Crippen molar-refractivity contribution in [2.24, 2.45) is 0 Å². The minimum atomic E-state index is -0.00572. The molecular formula is C11H7Br2NOS. The van der Waals surface area contributed by atoms with Crippen LogP contribution in [0.1, 0.15) is 15.9 Å². The maximum atomic E-state index is 12.1. The van der Waals surface area contributed by atoms with Crippen LogP contribution in [0.5, 0.6) is 0 Å². The SMILES string of the molecule is Nc1ccc(C(=O)c2cc(Br)sc2Br)cc1. The van der Waals surface area contributed by atoms with Crippen LogP contribution in [-0.2, 0) is 0 Å². The average Bonchev–Trinajstić information content (AvgIpc) is 2.58. The number of ketones is 1. The molecule has 5 heteroatoms. The van der Waals surface area contributed by atoms with Gasteiger partial charge in [-0.2, -0.15) is 0 Å². The fourth-order valence-electron chi connectivity index (χ4n) is 1.29. The molecule has 0 saturated heterocycles. The summed E-state index contributed by atoms with van der Waals surface area (Å²) in [6, 6.07) is 8.73. The lowest BCUT2D eigenvalue weighted by Crippen LogP contribution is -2.00. The van der Waals surface area contributed by atoms with Gasteiger partial charge in [0, 0.05) is 16.8 Å². The fraction of sp³-hybridized carbons (Fsp3) is 0. The summed E-state index contributed by atoms with van der Waals surface area (Å²) in [7, 11) is 0. The first-order valence-corrected chi connectivity index (χ1v) is 6.83. The summed E-state index contributed by atoms with van der Waals surface area (Å²) in [5, 5.41) is 0. The molecule has 0 amide bonds. The number of carbonyl (C=O) groups is 1. The Bertz CT molecular complexity index is 533. The number of hydrogen-bond acceptors (Lipinski definition) is 3. The highest BCUT2D eigenvalue weighted by molar-refractivity contribution is 9.12. The van der Waals surface area contributed by atoms with Crippen LogP contribution in [0.4, 0.5) is 5.69 Å². The molecule has 2 N–H and O–H groups in total. The molecule has 0 unspecified atom stereocenters. The number of carbonyl (C=O) groups excluding carboxylic acids is 1. The molecule has 0 aliphatic carbocycles. The van der Waals surface area contributed by atoms with Crippen LogP contribution < -0.4 is 5.73 Å². The maximum Gasteiger partial charge on any atom is 0.195 e. The summed E-state index contributed by atoms with van der Waals surface area (Å²) in [6.45, 7) is 0. The molecule has 2 aromatic rings. The van der Waals surface area contributed by atoms with E-state index in [2.05, 4.69) is 31.9 Å². The van der Waals surface area contributed by atoms with E-state index in [1.54, 1.807) is 24.3 Å². The van der Waals surface area contributed by atoms with Crippen LogP contribution in [0.15, 0.2) is 37.9 Å². The first-order valence-electron chi connectivity index (χ1n) is 4.43. The molecule has 0 aliphatic rings. The molecular weight excluding hydrogens is 354 g/mol. The minimum absolute atomic E-state index is 0.00572. The maximum absolute atomic E-state index is 12.1. The van der Waals surface area contributed by atoms with Crippen LogP contribution in [0.2, 0.25) is 0 Å². The molecule has 0 aliphatic heterocycles. The standard InChI is InChI=1S/C11H7Br2NOS/c12-9-5-8(11(13)16-9)10(15)6-1-3-7(14)4-2-6/h1-5H,14H2. The average molecular weight is 361 g/mol. The van der Waals surface area contributed by atoms with E-state index in [0.717, 1.165) is 7.57 Å². The summed E-state index contributed by atoms with van der Waals surface area (Å²) < 4.78 is 1.76. The molecule has 1 heterocycles. The minimum Gasteiger partial charge on any atom is -0.399 e. The van der Waals surface area contributed by atoms with Crippen molar-refractivity contribution >= 4 is 54.7 Å². The summed E-state index contributed by atoms with van der Waals surface area (Å²) in [6.07, 6.45) is 0. The Kier molecular flexibility index (Phi) is 3.47. The van der Waals surface area contributed by atoms with E-state index in [1.807, 2.05) is 6.07 Å². The van der Waals surface area contributed by atoms with Crippen molar-refractivity contribution in [2.45, 2.75) is 0 Å². The Morgan fingerprint density at radius 2 is 1.81 bits per heavy atom. The van der Waals surface area contributed by atoms with Crippen molar-refractivity contribution in [3.8, 4) is 0 Å². The smallest absolute Gasteiger partial charge is 0.195 e. The molecule has 0 atom stereocenters. The number of nitrogen functional groups attached to an aromatic ring is 1. The van der Waals surface area contributed by atoms with Gasteiger partial charge in [0.25, 0.3) is 0 Å². The number of rotatable bonds is 2. The highest BCUT2D eigenvalue weighted by Gasteiger charge is 2.15. The number of nitrogens with two attached hydrogens (primary N) is 1. The lowest BCUT2D eigenvalue weighted by Gasteiger charge is -1.99. The number of benzene rings is 1. The van der Waals surface area contributed by atoms with E-state index in [4.69, 9.17) is 5.73 Å². The first kappa shape index (κ1) is 11.8. The fourth-order valence-corrected chi connectivity index (χ4v) is 4.08. The molecule has 2 rings (SSSR count). The van der Waals surface area contributed by atoms with E-state index >= 15 is 0 Å². The Morgan fingerprint density at radius 3 is 2.31 bits per heavy atom. The predicted molar refractivity (Wildman–Crippen MR) is 74.0 cm³/mol. The third-order valence-electron chi connectivity index (χ3n) is 2.07. The van der Waals surface area contributed by atoms with Crippen molar-refractivity contribution in [3.63, 3.8) is 0 Å². The van der Waals surface area contributed by atoms with Crippen molar-refractivity contribution in [3.05, 3.63) is 49.0 Å². The topological polar surface area (TPSA) is 43.1 Å². The first-order chi connectivity index (χ1) is 7.58. The Balaban J connectivity index is 2.39. The highest BCUT2D eigenvalue weighted by Crippen LogP contribution is 2.33. The summed E-state index contributed by atoms with van der Waals surface area (Å²) in [5.41, 5.74) is 7.54. The van der Waals surface area contributed by atoms with Gasteiger partial charge in [-0.3, -0.25) is 4.79 Å². The molecule has 16 heavy (non-hydrogen) atoms. The van der Waals surface area contributed by atoms with Gasteiger partial charge in [-0.05, 0) is 62.2 Å². The van der Waals surface area contributed by atoms with Gasteiger partial charge in [0.15, 0.2) is 5.78 Å². The quantitative estimate of drug-likeness (QED) is 0.647. The molecule has 0 saturated carbocycles. The molecule has 0 radical (unpaired) electrons. The van der Waals surface area contributed by atoms with E-state index in [9.17, 15) is 4.79 Å². The predicted octanol–water partition coefficient (Wildman–Crippen LogP) is 4.09. The van der Waals surface area contributed by atoms with Crippen LogP contribution in [-0.4, -0.2) is 5.78 Å². The van der Waals surface area contributed by atoms with Gasteiger partial charge < -0.3 is 5.73 Å². The van der Waals surface area contributed by atoms with Gasteiger partial charge in [0.1, 0.15) is 0 Å². The summed E-state index contributed by atoms with van der Waals surface area (Å²) in [5.74, 6) is -0.00572. The molecule has 82 valence electrons. The van der Waals surface area contributed by atoms with Gasteiger partial charge in [-0.1, -0.05) is 0 Å². The van der Waals surface area contributed by atoms with Crippen molar-refractivity contribution in [2.75, 3.05) is 5.73 Å². The van der Waals surface area contributed by atoms with Gasteiger partial charge in [-0.25, -0.2) is 0 Å². The molecule has 0 spiro atoms. The van der Waals surface area contributed by atoms with Gasteiger partial charge >= 0.3 is 0 Å². The monoisotopic (exact) mass is 359 g/mol. The normalized spacial score (nSPS) is 10.4. The molecule has 0 bridgehead atoms. The van der Waals surface area contributed by atoms with Gasteiger partial charge in [-0.15, -0.1) is 11.3 Å². The number of halogens is 2. The van der Waals surface area contributed by atoms with Gasteiger partial charge in [0.05, 0.1) is 7.57 Å². The Hall–Kier alpha value is -0.650. The van der Waals surface area contributed by atoms with Crippen LogP contribution >= 0.6 is 43.2 Å². The second kappa shape index (κ2) is 4.69. The van der Waals surface area contributed by atoms with Gasteiger partial charge in [0.2, 0.25) is 0 Å². The zero-order valence-corrected chi connectivity index (χ0v) is 12.0. The molecule has 2 nitrogen and oxygen atoms in total. The summed E-state index contributed by atoms with van der Waals surface area (Å²) in [4.78, 5) is 12.1. The molecule has 0 fully saturated rings. The number of anilines is 1. The van der Waals surface area contributed by atoms with E-state index in [1.165, 1.54) is 11.3 Å².